The van der Waals surface area contributed by atoms with Crippen LogP contribution in [0.1, 0.15) is 90.2 Å². The van der Waals surface area contributed by atoms with Crippen LogP contribution in [0.25, 0.3) is 0 Å². The molecule has 2 aromatic rings. The Morgan fingerprint density at radius 3 is 2.12 bits per heavy atom. The van der Waals surface area contributed by atoms with Gasteiger partial charge in [-0.25, -0.2) is 14.4 Å². The first kappa shape index (κ1) is 43.9. The first-order valence-corrected chi connectivity index (χ1v) is 19.7. The fourth-order valence-electron chi connectivity index (χ4n) is 9.88. The van der Waals surface area contributed by atoms with Gasteiger partial charge in [-0.15, -0.1) is 0 Å². The van der Waals surface area contributed by atoms with Crippen molar-refractivity contribution in [2.75, 3.05) is 13.7 Å². The maximum absolute atomic E-state index is 15.2. The van der Waals surface area contributed by atoms with Crippen LogP contribution >= 0.6 is 0 Å². The molecule has 320 valence electrons. The average molecular weight is 822 g/mol. The molecule has 1 saturated heterocycles. The van der Waals surface area contributed by atoms with E-state index in [1.165, 1.54) is 26.2 Å². The molecule has 1 aliphatic heterocycles. The fourth-order valence-corrected chi connectivity index (χ4v) is 9.88. The SMILES string of the molecule is CO[C@H]1C[C@H]2OC[C@@]2(OC(C)=O)C2[C@H](OC(=O)c3ccccc3)[C@]3(O)C[C@H](OC(=O)[C@H](O)[C@@H](NC(=O)OC(C)(C)C)c4ccccc4)C(C)=C([C@@H](O)C(=O)[C@@]21C)C3(C)C. The number of methoxy groups -OCH3 is 1. The quantitative estimate of drug-likeness (QED) is 0.161. The van der Waals surface area contributed by atoms with E-state index in [0.717, 1.165) is 0 Å². The topological polar surface area (TPSA) is 213 Å². The summed E-state index contributed by atoms with van der Waals surface area (Å²) in [5, 5.41) is 40.1. The molecule has 2 aromatic carbocycles. The number of benzene rings is 2. The highest BCUT2D eigenvalue weighted by atomic mass is 16.6. The van der Waals surface area contributed by atoms with Gasteiger partial charge in [-0.2, -0.15) is 0 Å². The van der Waals surface area contributed by atoms with Crippen LogP contribution in [0.3, 0.4) is 0 Å². The number of fused-ring (bicyclic) bond motifs is 5. The van der Waals surface area contributed by atoms with Gasteiger partial charge in [0.1, 0.15) is 35.6 Å². The predicted octanol–water partition coefficient (Wildman–Crippen LogP) is 3.91. The zero-order chi connectivity index (χ0) is 43.5. The van der Waals surface area contributed by atoms with Crippen molar-refractivity contribution >= 4 is 29.8 Å². The molecule has 6 rings (SSSR count). The lowest BCUT2D eigenvalue weighted by Crippen LogP contribution is -2.82. The summed E-state index contributed by atoms with van der Waals surface area (Å²) in [6.45, 7) is 12.2. The van der Waals surface area contributed by atoms with Crippen molar-refractivity contribution in [3.8, 4) is 0 Å². The van der Waals surface area contributed by atoms with Crippen LogP contribution in [0.4, 0.5) is 4.79 Å². The Bertz CT molecular complexity index is 1990. The lowest BCUT2D eigenvalue weighted by atomic mass is 9.44. The summed E-state index contributed by atoms with van der Waals surface area (Å²) in [5.41, 5.74) is -7.57. The molecule has 11 atom stereocenters. The number of carbonyl (C=O) groups is 5. The number of aliphatic hydroxyl groups excluding tert-OH is 2. The monoisotopic (exact) mass is 821 g/mol. The van der Waals surface area contributed by atoms with E-state index in [4.69, 9.17) is 28.4 Å². The number of Topliss-reactive ketones (excluding diaryl/α,β-unsaturated/α-hetero) is 1. The molecule has 2 bridgehead atoms. The minimum atomic E-state index is -2.30. The number of hydrogen-bond donors (Lipinski definition) is 4. The summed E-state index contributed by atoms with van der Waals surface area (Å²) in [6, 6.07) is 14.8. The molecule has 0 spiro atoms. The second kappa shape index (κ2) is 15.7. The standard InChI is InChI=1S/C44H55NO14/c1-23-27(56-38(51)33(48)31(25-16-12-10-13-17-25)45-39(52)59-40(3,4)5)21-44(53)36(57-37(50)26-18-14-11-15-19-26)34-42(8,35(49)32(47)30(23)41(44,6)7)28(54-9)20-29-43(34,22-55-29)58-24(2)46/h10-19,27-29,31-34,36,47-48,53H,20-22H2,1-9H3,(H,45,52)/t27-,28-,29+,31-,32+,33+,34?,36-,42+,43-,44+/m0/s1. The molecular weight excluding hydrogens is 766 g/mol. The van der Waals surface area contributed by atoms with Crippen molar-refractivity contribution in [2.45, 2.75) is 128 Å². The van der Waals surface area contributed by atoms with Crippen LogP contribution in [0, 0.1) is 16.7 Å². The van der Waals surface area contributed by atoms with E-state index in [-0.39, 0.29) is 29.7 Å². The summed E-state index contributed by atoms with van der Waals surface area (Å²) in [6.07, 6.45) is -10.3. The smallest absolute Gasteiger partial charge is 0.408 e. The second-order valence-corrected chi connectivity index (χ2v) is 17.8. The zero-order valence-corrected chi connectivity index (χ0v) is 34.8. The van der Waals surface area contributed by atoms with E-state index in [1.807, 2.05) is 0 Å². The third kappa shape index (κ3) is 7.45. The Hall–Kier alpha value is -4.67. The van der Waals surface area contributed by atoms with Gasteiger partial charge in [0.05, 0.1) is 35.6 Å². The van der Waals surface area contributed by atoms with E-state index < -0.39 is 112 Å². The minimum Gasteiger partial charge on any atom is -0.456 e. The molecule has 4 N–H and O–H groups in total. The van der Waals surface area contributed by atoms with Crippen molar-refractivity contribution in [3.63, 3.8) is 0 Å². The molecule has 1 amide bonds. The zero-order valence-electron chi connectivity index (χ0n) is 34.8. The number of hydrogen-bond acceptors (Lipinski definition) is 14. The number of carbonyl (C=O) groups excluding carboxylic acids is 5. The van der Waals surface area contributed by atoms with Gasteiger partial charge in [0.25, 0.3) is 0 Å². The Kier molecular flexibility index (Phi) is 11.7. The number of ketones is 1. The highest BCUT2D eigenvalue weighted by molar-refractivity contribution is 5.94. The molecule has 0 radical (unpaired) electrons. The molecule has 2 saturated carbocycles. The number of rotatable bonds is 9. The molecule has 15 nitrogen and oxygen atoms in total. The number of amides is 1. The van der Waals surface area contributed by atoms with Gasteiger partial charge >= 0.3 is 24.0 Å². The molecular formula is C44H55NO14. The third-order valence-corrected chi connectivity index (χ3v) is 12.8. The van der Waals surface area contributed by atoms with Crippen LogP contribution in [0.5, 0.6) is 0 Å². The summed E-state index contributed by atoms with van der Waals surface area (Å²) in [4.78, 5) is 69.4. The number of aliphatic hydroxyl groups is 3. The number of esters is 3. The highest BCUT2D eigenvalue weighted by Crippen LogP contribution is 2.64. The van der Waals surface area contributed by atoms with Gasteiger partial charge in [-0.05, 0) is 63.5 Å². The molecule has 59 heavy (non-hydrogen) atoms. The van der Waals surface area contributed by atoms with Gasteiger partial charge in [0.2, 0.25) is 0 Å². The van der Waals surface area contributed by atoms with Crippen molar-refractivity contribution in [3.05, 3.63) is 82.9 Å². The van der Waals surface area contributed by atoms with Gasteiger partial charge in [-0.3, -0.25) is 9.59 Å². The molecule has 1 heterocycles. The van der Waals surface area contributed by atoms with E-state index in [9.17, 15) is 34.5 Å². The Morgan fingerprint density at radius 1 is 0.966 bits per heavy atom. The number of alkyl carbamates (subject to hydrolysis) is 1. The summed E-state index contributed by atoms with van der Waals surface area (Å²) >= 11 is 0. The Labute approximate surface area is 343 Å². The van der Waals surface area contributed by atoms with E-state index >= 15 is 4.79 Å². The Morgan fingerprint density at radius 2 is 1.58 bits per heavy atom. The molecule has 1 unspecified atom stereocenters. The van der Waals surface area contributed by atoms with Crippen molar-refractivity contribution in [1.29, 1.82) is 0 Å². The van der Waals surface area contributed by atoms with E-state index in [0.29, 0.717) is 5.56 Å². The molecule has 15 heteroatoms. The maximum Gasteiger partial charge on any atom is 0.408 e. The molecule has 3 aliphatic carbocycles. The van der Waals surface area contributed by atoms with Crippen LogP contribution in [-0.4, -0.2) is 112 Å². The van der Waals surface area contributed by atoms with Crippen LogP contribution in [0.15, 0.2) is 71.8 Å². The lowest BCUT2D eigenvalue weighted by molar-refractivity contribution is -0.347. The van der Waals surface area contributed by atoms with Crippen molar-refractivity contribution < 1.29 is 67.7 Å². The molecule has 4 aliphatic rings. The van der Waals surface area contributed by atoms with Crippen LogP contribution in [-0.2, 0) is 42.8 Å². The first-order chi connectivity index (χ1) is 27.5. The van der Waals surface area contributed by atoms with Crippen molar-refractivity contribution in [1.82, 2.24) is 5.32 Å². The van der Waals surface area contributed by atoms with Crippen molar-refractivity contribution in [2.24, 2.45) is 16.7 Å². The first-order valence-electron chi connectivity index (χ1n) is 19.7. The number of nitrogens with one attached hydrogen (secondary N) is 1. The van der Waals surface area contributed by atoms with E-state index in [1.54, 1.807) is 97.0 Å². The van der Waals surface area contributed by atoms with Gasteiger partial charge in [0, 0.05) is 32.3 Å². The van der Waals surface area contributed by atoms with Gasteiger partial charge in [-0.1, -0.05) is 62.4 Å². The average Bonchev–Trinajstić information content (AvgIpc) is 3.16. The lowest BCUT2D eigenvalue weighted by Gasteiger charge is -2.67. The minimum absolute atomic E-state index is 0.00108. The third-order valence-electron chi connectivity index (χ3n) is 12.8. The van der Waals surface area contributed by atoms with Gasteiger partial charge in [0.15, 0.2) is 17.5 Å². The summed E-state index contributed by atoms with van der Waals surface area (Å²) in [7, 11) is 1.39. The summed E-state index contributed by atoms with van der Waals surface area (Å²) in [5.74, 6) is -4.98. The van der Waals surface area contributed by atoms with Crippen LogP contribution < -0.4 is 5.32 Å². The van der Waals surface area contributed by atoms with Crippen LogP contribution in [0.2, 0.25) is 0 Å². The summed E-state index contributed by atoms with van der Waals surface area (Å²) < 4.78 is 35.9. The van der Waals surface area contributed by atoms with Gasteiger partial charge < -0.3 is 49.1 Å². The second-order valence-electron chi connectivity index (χ2n) is 17.8. The number of ether oxygens (including phenoxy) is 6. The fraction of sp³-hybridized carbons (Fsp3) is 0.568. The molecule has 3 fully saturated rings. The highest BCUT2D eigenvalue weighted by Gasteiger charge is 2.78. The normalized spacial score (nSPS) is 33.3. The molecule has 0 aromatic heterocycles. The largest absolute Gasteiger partial charge is 0.456 e. The van der Waals surface area contributed by atoms with E-state index in [2.05, 4.69) is 5.32 Å². The maximum atomic E-state index is 15.2. The predicted molar refractivity (Wildman–Crippen MR) is 208 cm³/mol. The Balaban J connectivity index is 1.50.